The molecule has 0 saturated carbocycles. The molecule has 0 aliphatic heterocycles. The first kappa shape index (κ1) is 14.2. The molecule has 2 aromatic rings. The van der Waals surface area contributed by atoms with E-state index in [4.69, 9.17) is 21.6 Å². The number of anilines is 1. The van der Waals surface area contributed by atoms with Crippen molar-refractivity contribution in [2.75, 3.05) is 11.9 Å². The van der Waals surface area contributed by atoms with Gasteiger partial charge in [-0.15, -0.1) is 0 Å². The van der Waals surface area contributed by atoms with Crippen LogP contribution in [0, 0.1) is 11.3 Å². The van der Waals surface area contributed by atoms with Crippen molar-refractivity contribution in [3.8, 4) is 11.9 Å². The van der Waals surface area contributed by atoms with Crippen LogP contribution in [0.25, 0.3) is 0 Å². The minimum absolute atomic E-state index is 0.557. The quantitative estimate of drug-likeness (QED) is 0.912. The minimum atomic E-state index is 0.557. The maximum atomic E-state index is 8.79. The lowest BCUT2D eigenvalue weighted by atomic mass is 10.1. The molecule has 0 radical (unpaired) electrons. The summed E-state index contributed by atoms with van der Waals surface area (Å²) in [4.78, 5) is 4.17. The van der Waals surface area contributed by atoms with Crippen molar-refractivity contribution < 1.29 is 4.74 Å². The Morgan fingerprint density at radius 2 is 2.20 bits per heavy atom. The molecule has 1 aromatic heterocycles. The van der Waals surface area contributed by atoms with Gasteiger partial charge in [-0.05, 0) is 30.7 Å². The van der Waals surface area contributed by atoms with Gasteiger partial charge in [-0.25, -0.2) is 4.98 Å². The van der Waals surface area contributed by atoms with E-state index in [0.717, 1.165) is 11.3 Å². The van der Waals surface area contributed by atoms with E-state index in [0.29, 0.717) is 29.6 Å². The highest BCUT2D eigenvalue weighted by Crippen LogP contribution is 2.19. The van der Waals surface area contributed by atoms with E-state index in [-0.39, 0.29) is 0 Å². The number of nitriles is 1. The summed E-state index contributed by atoms with van der Waals surface area (Å²) in [5, 5.41) is 12.6. The van der Waals surface area contributed by atoms with E-state index in [2.05, 4.69) is 16.4 Å². The molecule has 2 rings (SSSR count). The van der Waals surface area contributed by atoms with Gasteiger partial charge >= 0.3 is 0 Å². The second-order valence-electron chi connectivity index (χ2n) is 4.09. The number of hydrogen-bond donors (Lipinski definition) is 1. The Balaban J connectivity index is 2.00. The summed E-state index contributed by atoms with van der Waals surface area (Å²) < 4.78 is 5.28. The summed E-state index contributed by atoms with van der Waals surface area (Å²) in [5.74, 6) is 0.606. The standard InChI is InChI=1S/C15H14ClN3O/c1-2-20-15-6-5-13(10-19-15)18-9-12-4-3-11(8-17)7-14(12)16/h3-7,10,18H,2,9H2,1H3. The first-order chi connectivity index (χ1) is 9.72. The van der Waals surface area contributed by atoms with Crippen molar-refractivity contribution in [2.24, 2.45) is 0 Å². The van der Waals surface area contributed by atoms with Crippen LogP contribution < -0.4 is 10.1 Å². The van der Waals surface area contributed by atoms with Gasteiger partial charge in [0.15, 0.2) is 0 Å². The predicted octanol–water partition coefficient (Wildman–Crippen LogP) is 3.62. The van der Waals surface area contributed by atoms with Gasteiger partial charge in [0.1, 0.15) is 0 Å². The number of halogens is 1. The molecule has 0 bridgehead atoms. The molecular weight excluding hydrogens is 274 g/mol. The summed E-state index contributed by atoms with van der Waals surface area (Å²) in [7, 11) is 0. The summed E-state index contributed by atoms with van der Waals surface area (Å²) in [5.41, 5.74) is 2.37. The fourth-order valence-corrected chi connectivity index (χ4v) is 1.92. The fourth-order valence-electron chi connectivity index (χ4n) is 1.68. The summed E-state index contributed by atoms with van der Waals surface area (Å²) in [6.07, 6.45) is 1.71. The highest BCUT2D eigenvalue weighted by molar-refractivity contribution is 6.31. The normalized spacial score (nSPS) is 9.85. The number of nitrogens with zero attached hydrogens (tertiary/aromatic N) is 2. The third-order valence-electron chi connectivity index (χ3n) is 2.69. The van der Waals surface area contributed by atoms with Gasteiger partial charge in [-0.2, -0.15) is 5.26 Å². The number of benzene rings is 1. The Bertz CT molecular complexity index is 620. The molecule has 1 N–H and O–H groups in total. The Kier molecular flexibility index (Phi) is 4.80. The van der Waals surface area contributed by atoms with E-state index < -0.39 is 0 Å². The second-order valence-corrected chi connectivity index (χ2v) is 4.50. The van der Waals surface area contributed by atoms with E-state index >= 15 is 0 Å². The first-order valence-electron chi connectivity index (χ1n) is 6.24. The fraction of sp³-hybridized carbons (Fsp3) is 0.200. The predicted molar refractivity (Wildman–Crippen MR) is 78.9 cm³/mol. The highest BCUT2D eigenvalue weighted by Gasteiger charge is 2.02. The first-order valence-corrected chi connectivity index (χ1v) is 6.62. The lowest BCUT2D eigenvalue weighted by Gasteiger charge is -2.09. The topological polar surface area (TPSA) is 57.9 Å². The highest BCUT2D eigenvalue weighted by atomic mass is 35.5. The zero-order chi connectivity index (χ0) is 14.4. The molecule has 102 valence electrons. The van der Waals surface area contributed by atoms with Gasteiger partial charge in [-0.1, -0.05) is 17.7 Å². The van der Waals surface area contributed by atoms with Gasteiger partial charge in [0.05, 0.1) is 30.1 Å². The smallest absolute Gasteiger partial charge is 0.213 e. The number of rotatable bonds is 5. The van der Waals surface area contributed by atoms with Crippen LogP contribution >= 0.6 is 11.6 Å². The van der Waals surface area contributed by atoms with Gasteiger partial charge in [0, 0.05) is 17.6 Å². The molecule has 4 nitrogen and oxygen atoms in total. The molecule has 0 saturated heterocycles. The van der Waals surface area contributed by atoms with Gasteiger partial charge in [0.25, 0.3) is 0 Å². The van der Waals surface area contributed by atoms with Crippen LogP contribution in [0.5, 0.6) is 5.88 Å². The lowest BCUT2D eigenvalue weighted by molar-refractivity contribution is 0.327. The van der Waals surface area contributed by atoms with Crippen LogP contribution in [-0.4, -0.2) is 11.6 Å². The van der Waals surface area contributed by atoms with Crippen LogP contribution in [0.4, 0.5) is 5.69 Å². The maximum absolute atomic E-state index is 8.79. The summed E-state index contributed by atoms with van der Waals surface area (Å²) >= 11 is 6.11. The lowest BCUT2D eigenvalue weighted by Crippen LogP contribution is -2.01. The van der Waals surface area contributed by atoms with Crippen molar-refractivity contribution in [2.45, 2.75) is 13.5 Å². The molecule has 1 aromatic carbocycles. The Hall–Kier alpha value is -2.25. The molecule has 0 amide bonds. The van der Waals surface area contributed by atoms with E-state index in [9.17, 15) is 0 Å². The van der Waals surface area contributed by atoms with Crippen LogP contribution in [0.15, 0.2) is 36.5 Å². The molecule has 0 atom stereocenters. The van der Waals surface area contributed by atoms with Gasteiger partial charge in [-0.3, -0.25) is 0 Å². The zero-order valence-electron chi connectivity index (χ0n) is 11.1. The summed E-state index contributed by atoms with van der Waals surface area (Å²) in [6.45, 7) is 3.08. The third kappa shape index (κ3) is 3.62. The van der Waals surface area contributed by atoms with E-state index in [1.54, 1.807) is 18.3 Å². The Morgan fingerprint density at radius 1 is 1.35 bits per heavy atom. The number of ether oxygens (including phenoxy) is 1. The monoisotopic (exact) mass is 287 g/mol. The molecule has 1 heterocycles. The van der Waals surface area contributed by atoms with Crippen molar-refractivity contribution in [3.63, 3.8) is 0 Å². The molecule has 0 aliphatic rings. The van der Waals surface area contributed by atoms with Crippen molar-refractivity contribution in [1.82, 2.24) is 4.98 Å². The second kappa shape index (κ2) is 6.78. The van der Waals surface area contributed by atoms with Crippen molar-refractivity contribution >= 4 is 17.3 Å². The molecular formula is C15H14ClN3O. The van der Waals surface area contributed by atoms with Crippen molar-refractivity contribution in [1.29, 1.82) is 5.26 Å². The van der Waals surface area contributed by atoms with Crippen LogP contribution in [-0.2, 0) is 6.54 Å². The molecule has 0 spiro atoms. The molecule has 5 heteroatoms. The number of hydrogen-bond acceptors (Lipinski definition) is 4. The van der Waals surface area contributed by atoms with Gasteiger partial charge in [0.2, 0.25) is 5.88 Å². The largest absolute Gasteiger partial charge is 0.478 e. The number of nitrogens with one attached hydrogen (secondary N) is 1. The zero-order valence-corrected chi connectivity index (χ0v) is 11.8. The molecule has 0 fully saturated rings. The SMILES string of the molecule is CCOc1ccc(NCc2ccc(C#N)cc2Cl)cn1. The van der Waals surface area contributed by atoms with Crippen LogP contribution in [0.3, 0.4) is 0 Å². The summed E-state index contributed by atoms with van der Waals surface area (Å²) in [6, 6.07) is 11.0. The number of pyridine rings is 1. The van der Waals surface area contributed by atoms with E-state index in [1.165, 1.54) is 0 Å². The molecule has 20 heavy (non-hydrogen) atoms. The molecule has 0 unspecified atom stereocenters. The van der Waals surface area contributed by atoms with Gasteiger partial charge < -0.3 is 10.1 Å². The Morgan fingerprint density at radius 3 is 2.80 bits per heavy atom. The average Bonchev–Trinajstić information content (AvgIpc) is 2.48. The molecule has 0 aliphatic carbocycles. The van der Waals surface area contributed by atoms with Crippen molar-refractivity contribution in [3.05, 3.63) is 52.7 Å². The Labute approximate surface area is 123 Å². The van der Waals surface area contributed by atoms with Crippen LogP contribution in [0.1, 0.15) is 18.1 Å². The number of aromatic nitrogens is 1. The van der Waals surface area contributed by atoms with E-state index in [1.807, 2.05) is 25.1 Å². The van der Waals surface area contributed by atoms with Crippen LogP contribution in [0.2, 0.25) is 5.02 Å². The average molecular weight is 288 g/mol. The maximum Gasteiger partial charge on any atom is 0.213 e. The minimum Gasteiger partial charge on any atom is -0.478 e. The third-order valence-corrected chi connectivity index (χ3v) is 3.05.